The Morgan fingerprint density at radius 1 is 1.33 bits per heavy atom. The van der Waals surface area contributed by atoms with E-state index in [0.717, 1.165) is 0 Å². The van der Waals surface area contributed by atoms with E-state index in [1.165, 1.54) is 38.5 Å². The van der Waals surface area contributed by atoms with Gasteiger partial charge in [0.25, 0.3) is 0 Å². The fourth-order valence-corrected chi connectivity index (χ4v) is 3.04. The van der Waals surface area contributed by atoms with Crippen LogP contribution in [0.1, 0.15) is 38.5 Å². The van der Waals surface area contributed by atoms with Gasteiger partial charge in [0.2, 0.25) is 5.91 Å². The van der Waals surface area contributed by atoms with Crippen molar-refractivity contribution >= 4 is 17.5 Å². The minimum absolute atomic E-state index is 0.198. The second kappa shape index (κ2) is 4.92. The summed E-state index contributed by atoms with van der Waals surface area (Å²) in [6, 6.07) is 0.961. The molecule has 0 radical (unpaired) electrons. The van der Waals surface area contributed by atoms with Crippen LogP contribution < -0.4 is 0 Å². The van der Waals surface area contributed by atoms with Crippen molar-refractivity contribution in [3.63, 3.8) is 0 Å². The summed E-state index contributed by atoms with van der Waals surface area (Å²) < 4.78 is 1.63. The van der Waals surface area contributed by atoms with Crippen molar-refractivity contribution in [1.82, 2.24) is 14.7 Å². The third-order valence-corrected chi connectivity index (χ3v) is 4.04. The Hall–Kier alpha value is -1.03. The Morgan fingerprint density at radius 2 is 2.00 bits per heavy atom. The average Bonchev–Trinajstić information content (AvgIpc) is 2.85. The number of carbonyl (C=O) groups excluding carboxylic acids is 1. The van der Waals surface area contributed by atoms with Crippen LogP contribution in [0.2, 0.25) is 5.02 Å². The SMILES string of the molecule is O=C(Cn1cc(Cl)cn1)N(C1CCCC1)C1CC1. The third-order valence-electron chi connectivity index (χ3n) is 3.85. The molecule has 1 aromatic rings. The molecule has 0 N–H and O–H groups in total. The lowest BCUT2D eigenvalue weighted by atomic mass is 10.2. The maximum absolute atomic E-state index is 12.4. The van der Waals surface area contributed by atoms with E-state index in [4.69, 9.17) is 11.6 Å². The molecule has 0 aromatic carbocycles. The predicted octanol–water partition coefficient (Wildman–Crippen LogP) is 2.47. The van der Waals surface area contributed by atoms with Crippen LogP contribution in [-0.4, -0.2) is 32.7 Å². The summed E-state index contributed by atoms with van der Waals surface area (Å²) in [6.07, 6.45) is 10.5. The molecule has 0 aliphatic heterocycles. The number of carbonyl (C=O) groups is 1. The van der Waals surface area contributed by atoms with Gasteiger partial charge in [0, 0.05) is 18.3 Å². The van der Waals surface area contributed by atoms with Gasteiger partial charge >= 0.3 is 0 Å². The van der Waals surface area contributed by atoms with Crippen molar-refractivity contribution in [2.24, 2.45) is 0 Å². The Bertz CT molecular complexity index is 435. The molecule has 0 spiro atoms. The van der Waals surface area contributed by atoms with Crippen molar-refractivity contribution in [2.75, 3.05) is 0 Å². The molecule has 0 bridgehead atoms. The van der Waals surface area contributed by atoms with Crippen LogP contribution in [0.4, 0.5) is 0 Å². The van der Waals surface area contributed by atoms with Gasteiger partial charge in [0.15, 0.2) is 0 Å². The van der Waals surface area contributed by atoms with Crippen LogP contribution in [0.15, 0.2) is 12.4 Å². The Balaban J connectivity index is 1.68. The highest BCUT2D eigenvalue weighted by molar-refractivity contribution is 6.30. The first-order valence-electron chi connectivity index (χ1n) is 6.73. The van der Waals surface area contributed by atoms with E-state index in [-0.39, 0.29) is 5.91 Å². The zero-order valence-electron chi connectivity index (χ0n) is 10.4. The first-order chi connectivity index (χ1) is 8.74. The standard InChI is InChI=1S/C13H18ClN3O/c14-10-7-15-16(8-10)9-13(18)17(12-5-6-12)11-3-1-2-4-11/h7-8,11-12H,1-6,9H2. The van der Waals surface area contributed by atoms with E-state index in [1.807, 2.05) is 0 Å². The summed E-state index contributed by atoms with van der Waals surface area (Å²) in [7, 11) is 0. The maximum Gasteiger partial charge on any atom is 0.244 e. The first kappa shape index (κ1) is 12.0. The van der Waals surface area contributed by atoms with Crippen molar-refractivity contribution in [2.45, 2.75) is 57.2 Å². The summed E-state index contributed by atoms with van der Waals surface area (Å²) in [5, 5.41) is 4.67. The Labute approximate surface area is 112 Å². The zero-order valence-corrected chi connectivity index (χ0v) is 11.1. The Morgan fingerprint density at radius 3 is 2.56 bits per heavy atom. The van der Waals surface area contributed by atoms with Crippen LogP contribution in [0.5, 0.6) is 0 Å². The molecular weight excluding hydrogens is 250 g/mol. The largest absolute Gasteiger partial charge is 0.335 e. The summed E-state index contributed by atoms with van der Waals surface area (Å²) in [5.41, 5.74) is 0. The Kier molecular flexibility index (Phi) is 3.29. The minimum Gasteiger partial charge on any atom is -0.335 e. The number of amides is 1. The second-order valence-corrected chi connectivity index (χ2v) is 5.76. The monoisotopic (exact) mass is 267 g/mol. The number of rotatable bonds is 4. The van der Waals surface area contributed by atoms with E-state index in [1.54, 1.807) is 17.1 Å². The lowest BCUT2D eigenvalue weighted by Crippen LogP contribution is -2.42. The molecule has 0 unspecified atom stereocenters. The van der Waals surface area contributed by atoms with Gasteiger partial charge in [-0.15, -0.1) is 0 Å². The van der Waals surface area contributed by atoms with Gasteiger partial charge in [0.05, 0.1) is 11.2 Å². The van der Waals surface area contributed by atoms with Gasteiger partial charge < -0.3 is 4.90 Å². The van der Waals surface area contributed by atoms with Crippen LogP contribution in [0.25, 0.3) is 0 Å². The normalized spacial score (nSPS) is 20.3. The molecule has 0 saturated heterocycles. The molecule has 2 aliphatic carbocycles. The average molecular weight is 268 g/mol. The highest BCUT2D eigenvalue weighted by Gasteiger charge is 2.38. The summed E-state index contributed by atoms with van der Waals surface area (Å²) >= 11 is 5.82. The van der Waals surface area contributed by atoms with E-state index in [0.29, 0.717) is 23.7 Å². The number of aromatic nitrogens is 2. The van der Waals surface area contributed by atoms with Gasteiger partial charge in [0.1, 0.15) is 6.54 Å². The van der Waals surface area contributed by atoms with Gasteiger partial charge in [-0.25, -0.2) is 0 Å². The summed E-state index contributed by atoms with van der Waals surface area (Å²) in [5.74, 6) is 0.198. The van der Waals surface area contributed by atoms with Gasteiger partial charge in [-0.2, -0.15) is 5.10 Å². The highest BCUT2D eigenvalue weighted by Crippen LogP contribution is 2.34. The van der Waals surface area contributed by atoms with Crippen molar-refractivity contribution in [1.29, 1.82) is 0 Å². The van der Waals surface area contributed by atoms with E-state index >= 15 is 0 Å². The van der Waals surface area contributed by atoms with Crippen LogP contribution >= 0.6 is 11.6 Å². The molecule has 1 heterocycles. The van der Waals surface area contributed by atoms with Gasteiger partial charge in [-0.3, -0.25) is 9.48 Å². The molecule has 0 atom stereocenters. The van der Waals surface area contributed by atoms with Crippen molar-refractivity contribution < 1.29 is 4.79 Å². The van der Waals surface area contributed by atoms with Crippen molar-refractivity contribution in [3.05, 3.63) is 17.4 Å². The van der Waals surface area contributed by atoms with E-state index < -0.39 is 0 Å². The summed E-state index contributed by atoms with van der Waals surface area (Å²) in [6.45, 7) is 0.319. The van der Waals surface area contributed by atoms with E-state index in [9.17, 15) is 4.79 Å². The smallest absolute Gasteiger partial charge is 0.244 e. The number of hydrogen-bond donors (Lipinski definition) is 0. The molecule has 2 saturated carbocycles. The molecule has 5 heteroatoms. The number of hydrogen-bond acceptors (Lipinski definition) is 2. The molecular formula is C13H18ClN3O. The van der Waals surface area contributed by atoms with Crippen molar-refractivity contribution in [3.8, 4) is 0 Å². The topological polar surface area (TPSA) is 38.1 Å². The molecule has 98 valence electrons. The van der Waals surface area contributed by atoms with Crippen LogP contribution in [0, 0.1) is 0 Å². The lowest BCUT2D eigenvalue weighted by Gasteiger charge is -2.29. The number of halogens is 1. The lowest BCUT2D eigenvalue weighted by molar-refractivity contribution is -0.135. The van der Waals surface area contributed by atoms with Gasteiger partial charge in [-0.05, 0) is 25.7 Å². The molecule has 3 rings (SSSR count). The molecule has 4 nitrogen and oxygen atoms in total. The maximum atomic E-state index is 12.4. The first-order valence-corrected chi connectivity index (χ1v) is 7.11. The predicted molar refractivity (Wildman–Crippen MR) is 69.4 cm³/mol. The third kappa shape index (κ3) is 2.53. The minimum atomic E-state index is 0.198. The quantitative estimate of drug-likeness (QED) is 0.841. The summed E-state index contributed by atoms with van der Waals surface area (Å²) in [4.78, 5) is 14.5. The zero-order chi connectivity index (χ0) is 12.5. The second-order valence-electron chi connectivity index (χ2n) is 5.33. The van der Waals surface area contributed by atoms with E-state index in [2.05, 4.69) is 10.00 Å². The number of nitrogens with zero attached hydrogens (tertiary/aromatic N) is 3. The van der Waals surface area contributed by atoms with Gasteiger partial charge in [-0.1, -0.05) is 24.4 Å². The molecule has 1 aromatic heterocycles. The molecule has 1 amide bonds. The fraction of sp³-hybridized carbons (Fsp3) is 0.692. The molecule has 2 fully saturated rings. The fourth-order valence-electron chi connectivity index (χ4n) is 2.89. The van der Waals surface area contributed by atoms with Crippen LogP contribution in [-0.2, 0) is 11.3 Å². The molecule has 2 aliphatic rings. The molecule has 18 heavy (non-hydrogen) atoms. The van der Waals surface area contributed by atoms with Crippen LogP contribution in [0.3, 0.4) is 0 Å². The highest BCUT2D eigenvalue weighted by atomic mass is 35.5.